The molecule has 106 valence electrons. The molecule has 4 atom stereocenters. The maximum Gasteiger partial charge on any atom is 0.0909 e. The molecule has 0 amide bonds. The lowest BCUT2D eigenvalue weighted by Gasteiger charge is -2.47. The van der Waals surface area contributed by atoms with Crippen LogP contribution in [0.5, 0.6) is 0 Å². The van der Waals surface area contributed by atoms with E-state index in [1.54, 1.807) is 5.57 Å². The van der Waals surface area contributed by atoms with E-state index in [9.17, 15) is 0 Å². The second-order valence-corrected chi connectivity index (χ2v) is 6.51. The summed E-state index contributed by atoms with van der Waals surface area (Å²) in [4.78, 5) is 4.30. The smallest absolute Gasteiger partial charge is 0.0909 e. The van der Waals surface area contributed by atoms with Crippen LogP contribution in [0.25, 0.3) is 0 Å². The zero-order chi connectivity index (χ0) is 13.4. The van der Waals surface area contributed by atoms with Crippen LogP contribution in [-0.4, -0.2) is 11.1 Å². The van der Waals surface area contributed by atoms with Gasteiger partial charge < -0.3 is 4.74 Å². The third-order valence-electron chi connectivity index (χ3n) is 5.36. The molecule has 0 unspecified atom stereocenters. The molecule has 3 aliphatic rings. The molecular formula is C18H23NO. The highest BCUT2D eigenvalue weighted by Crippen LogP contribution is 2.50. The summed E-state index contributed by atoms with van der Waals surface area (Å²) in [6.45, 7) is 0. The Bertz CT molecular complexity index is 495. The molecule has 2 aliphatic carbocycles. The van der Waals surface area contributed by atoms with E-state index in [0.29, 0.717) is 17.9 Å². The Hall–Kier alpha value is -1.15. The highest BCUT2D eigenvalue weighted by Gasteiger charge is 2.43. The van der Waals surface area contributed by atoms with Crippen molar-refractivity contribution in [3.63, 3.8) is 0 Å². The fourth-order valence-electron chi connectivity index (χ4n) is 4.46. The number of nitrogens with zero attached hydrogens (tertiary/aromatic N) is 1. The topological polar surface area (TPSA) is 22.1 Å². The number of aromatic nitrogens is 1. The Morgan fingerprint density at radius 3 is 2.85 bits per heavy atom. The van der Waals surface area contributed by atoms with Crippen molar-refractivity contribution in [1.82, 2.24) is 4.98 Å². The largest absolute Gasteiger partial charge is 0.369 e. The van der Waals surface area contributed by atoms with Gasteiger partial charge >= 0.3 is 0 Å². The molecule has 1 aromatic rings. The van der Waals surface area contributed by atoms with E-state index < -0.39 is 0 Å². The monoisotopic (exact) mass is 269 g/mol. The van der Waals surface area contributed by atoms with Crippen molar-refractivity contribution in [2.24, 2.45) is 11.8 Å². The summed E-state index contributed by atoms with van der Waals surface area (Å²) in [5.74, 6) is 1.31. The molecule has 0 radical (unpaired) electrons. The lowest BCUT2D eigenvalue weighted by Crippen LogP contribution is -2.41. The van der Waals surface area contributed by atoms with Crippen LogP contribution in [0.3, 0.4) is 0 Å². The maximum atomic E-state index is 6.57. The fourth-order valence-corrected chi connectivity index (χ4v) is 4.46. The van der Waals surface area contributed by atoms with E-state index in [1.165, 1.54) is 50.5 Å². The van der Waals surface area contributed by atoms with E-state index in [4.69, 9.17) is 4.74 Å². The SMILES string of the molecule is C1=C2[C@@H](CCC1)[C@H](c1cccnc1)O[C@H]1CCCC[C@@H]21. The minimum Gasteiger partial charge on any atom is -0.369 e. The number of fused-ring (bicyclic) bond motifs is 3. The minimum absolute atomic E-state index is 0.245. The zero-order valence-electron chi connectivity index (χ0n) is 12.0. The van der Waals surface area contributed by atoms with Crippen LogP contribution in [-0.2, 0) is 4.74 Å². The first-order valence-corrected chi connectivity index (χ1v) is 8.19. The Kier molecular flexibility index (Phi) is 3.35. The highest BCUT2D eigenvalue weighted by molar-refractivity contribution is 5.26. The highest BCUT2D eigenvalue weighted by atomic mass is 16.5. The number of hydrogen-bond donors (Lipinski definition) is 0. The molecule has 0 bridgehead atoms. The maximum absolute atomic E-state index is 6.57. The summed E-state index contributed by atoms with van der Waals surface area (Å²) in [6.07, 6.45) is 16.3. The first kappa shape index (κ1) is 12.6. The van der Waals surface area contributed by atoms with Crippen LogP contribution in [0, 0.1) is 11.8 Å². The quantitative estimate of drug-likeness (QED) is 0.703. The lowest BCUT2D eigenvalue weighted by atomic mass is 9.68. The van der Waals surface area contributed by atoms with Crippen molar-refractivity contribution < 1.29 is 4.74 Å². The number of ether oxygens (including phenoxy) is 1. The molecule has 4 rings (SSSR count). The summed E-state index contributed by atoms with van der Waals surface area (Å²) >= 11 is 0. The Labute approximate surface area is 121 Å². The Balaban J connectivity index is 1.70. The predicted octanol–water partition coefficient (Wildman–Crippen LogP) is 4.44. The van der Waals surface area contributed by atoms with Gasteiger partial charge in [-0.2, -0.15) is 0 Å². The molecule has 20 heavy (non-hydrogen) atoms. The summed E-state index contributed by atoms with van der Waals surface area (Å²) < 4.78 is 6.57. The van der Waals surface area contributed by atoms with Gasteiger partial charge in [-0.25, -0.2) is 0 Å². The molecule has 2 nitrogen and oxygen atoms in total. The standard InChI is InChI=1S/C18H23NO/c1-2-9-16-14(7-1)15-8-3-4-10-17(15)20-18(16)13-6-5-11-19-12-13/h5-7,11-12,15-18H,1-4,8-10H2/t15-,16+,17-,18-/m0/s1. The van der Waals surface area contributed by atoms with Crippen molar-refractivity contribution in [3.05, 3.63) is 41.7 Å². The van der Waals surface area contributed by atoms with Gasteiger partial charge in [-0.15, -0.1) is 0 Å². The number of rotatable bonds is 1. The molecule has 2 fully saturated rings. The van der Waals surface area contributed by atoms with E-state index in [1.807, 2.05) is 18.5 Å². The number of pyridine rings is 1. The molecular weight excluding hydrogens is 246 g/mol. The molecule has 2 heteroatoms. The van der Waals surface area contributed by atoms with Crippen LogP contribution in [0.4, 0.5) is 0 Å². The van der Waals surface area contributed by atoms with Gasteiger partial charge in [0.15, 0.2) is 0 Å². The van der Waals surface area contributed by atoms with Gasteiger partial charge in [-0.05, 0) is 43.7 Å². The molecule has 1 saturated carbocycles. The number of allylic oxidation sites excluding steroid dienone is 1. The van der Waals surface area contributed by atoms with E-state index in [2.05, 4.69) is 17.1 Å². The van der Waals surface area contributed by atoms with Crippen LogP contribution in [0.2, 0.25) is 0 Å². The minimum atomic E-state index is 0.245. The third-order valence-corrected chi connectivity index (χ3v) is 5.36. The lowest BCUT2D eigenvalue weighted by molar-refractivity contribution is -0.106. The van der Waals surface area contributed by atoms with Crippen LogP contribution in [0.15, 0.2) is 36.2 Å². The second kappa shape index (κ2) is 5.33. The van der Waals surface area contributed by atoms with Gasteiger partial charge in [0.2, 0.25) is 0 Å². The first-order chi connectivity index (χ1) is 9.93. The molecule has 0 N–H and O–H groups in total. The van der Waals surface area contributed by atoms with E-state index in [0.717, 1.165) is 0 Å². The third kappa shape index (κ3) is 2.10. The zero-order valence-corrected chi connectivity index (χ0v) is 12.0. The van der Waals surface area contributed by atoms with Crippen LogP contribution >= 0.6 is 0 Å². The molecule has 0 spiro atoms. The van der Waals surface area contributed by atoms with Crippen LogP contribution < -0.4 is 0 Å². The van der Waals surface area contributed by atoms with Crippen molar-refractivity contribution >= 4 is 0 Å². The molecule has 1 aromatic heterocycles. The fraction of sp³-hybridized carbons (Fsp3) is 0.611. The average Bonchev–Trinajstić information content (AvgIpc) is 2.55. The van der Waals surface area contributed by atoms with E-state index >= 15 is 0 Å². The van der Waals surface area contributed by atoms with Crippen molar-refractivity contribution in [3.8, 4) is 0 Å². The Morgan fingerprint density at radius 1 is 1.05 bits per heavy atom. The Morgan fingerprint density at radius 2 is 1.95 bits per heavy atom. The number of hydrogen-bond acceptors (Lipinski definition) is 2. The van der Waals surface area contributed by atoms with Gasteiger partial charge in [-0.3, -0.25) is 4.98 Å². The van der Waals surface area contributed by atoms with Gasteiger partial charge in [0, 0.05) is 24.2 Å². The predicted molar refractivity (Wildman–Crippen MR) is 79.2 cm³/mol. The summed E-state index contributed by atoms with van der Waals surface area (Å²) in [5.41, 5.74) is 3.00. The van der Waals surface area contributed by atoms with Gasteiger partial charge in [0.25, 0.3) is 0 Å². The van der Waals surface area contributed by atoms with Gasteiger partial charge in [0.1, 0.15) is 0 Å². The average molecular weight is 269 g/mol. The van der Waals surface area contributed by atoms with Crippen molar-refractivity contribution in [2.45, 2.75) is 57.2 Å². The summed E-state index contributed by atoms with van der Waals surface area (Å²) in [7, 11) is 0. The summed E-state index contributed by atoms with van der Waals surface area (Å²) in [6, 6.07) is 4.23. The van der Waals surface area contributed by atoms with Crippen molar-refractivity contribution in [2.75, 3.05) is 0 Å². The molecule has 1 saturated heterocycles. The van der Waals surface area contributed by atoms with Gasteiger partial charge in [0.05, 0.1) is 12.2 Å². The van der Waals surface area contributed by atoms with E-state index in [-0.39, 0.29) is 6.10 Å². The van der Waals surface area contributed by atoms with Crippen molar-refractivity contribution in [1.29, 1.82) is 0 Å². The molecule has 2 heterocycles. The molecule has 0 aromatic carbocycles. The summed E-state index contributed by atoms with van der Waals surface area (Å²) in [5, 5.41) is 0. The molecule has 1 aliphatic heterocycles. The normalized spacial score (nSPS) is 36.7. The van der Waals surface area contributed by atoms with Gasteiger partial charge in [-0.1, -0.05) is 30.6 Å². The van der Waals surface area contributed by atoms with Crippen LogP contribution in [0.1, 0.15) is 56.6 Å². The first-order valence-electron chi connectivity index (χ1n) is 8.19. The second-order valence-electron chi connectivity index (χ2n) is 6.51.